The minimum Gasteiger partial charge on any atom is -0.325 e. The number of amides is 1. The molecule has 33 heavy (non-hydrogen) atoms. The van der Waals surface area contributed by atoms with Crippen molar-refractivity contribution in [3.05, 3.63) is 96.3 Å². The first-order chi connectivity index (χ1) is 16.2. The van der Waals surface area contributed by atoms with Crippen molar-refractivity contribution in [2.24, 2.45) is 0 Å². The second-order valence-electron chi connectivity index (χ2n) is 7.49. The van der Waals surface area contributed by atoms with Gasteiger partial charge in [-0.25, -0.2) is 0 Å². The maximum absolute atomic E-state index is 13.1. The third-order valence-electron chi connectivity index (χ3n) is 5.14. The number of aromatic nitrogens is 3. The monoisotopic (exact) mass is 474 g/mol. The first-order valence-corrected chi connectivity index (χ1v) is 12.7. The van der Waals surface area contributed by atoms with Crippen LogP contribution in [0.25, 0.3) is 5.69 Å². The van der Waals surface area contributed by atoms with Crippen molar-refractivity contribution in [2.75, 3.05) is 5.32 Å². The molecule has 1 amide bonds. The van der Waals surface area contributed by atoms with Gasteiger partial charge in [-0.1, -0.05) is 73.3 Å². The van der Waals surface area contributed by atoms with Gasteiger partial charge in [0.1, 0.15) is 5.82 Å². The van der Waals surface area contributed by atoms with Crippen LogP contribution in [0, 0.1) is 6.92 Å². The van der Waals surface area contributed by atoms with E-state index in [0.717, 1.165) is 27.9 Å². The minimum atomic E-state index is -0.286. The number of aryl methyl sites for hydroxylation is 1. The lowest BCUT2D eigenvalue weighted by atomic mass is 10.2. The predicted molar refractivity (Wildman–Crippen MR) is 137 cm³/mol. The maximum atomic E-state index is 13.1. The third kappa shape index (κ3) is 5.86. The molecule has 0 radical (unpaired) electrons. The average Bonchev–Trinajstić information content (AvgIpc) is 3.26. The number of carbonyl (C=O) groups excluding carboxylic acids is 1. The number of anilines is 1. The molecule has 0 aliphatic heterocycles. The van der Waals surface area contributed by atoms with E-state index in [9.17, 15) is 4.79 Å². The topological polar surface area (TPSA) is 59.8 Å². The van der Waals surface area contributed by atoms with Crippen LogP contribution in [0.2, 0.25) is 0 Å². The highest BCUT2D eigenvalue weighted by Gasteiger charge is 2.24. The Morgan fingerprint density at radius 1 is 0.939 bits per heavy atom. The smallest absolute Gasteiger partial charge is 0.237 e. The third-order valence-corrected chi connectivity index (χ3v) is 7.45. The first-order valence-electron chi connectivity index (χ1n) is 10.9. The standard InChI is InChI=1S/C26H26N4OS2/c1-3-23(25(31)27-22-17-11-10-12-19(22)2)33-26-29-28-24(18-32-21-15-8-5-9-16-21)30(26)20-13-6-4-7-14-20/h4-17,23H,3,18H2,1-2H3,(H,27,31). The lowest BCUT2D eigenvalue weighted by Gasteiger charge is -2.16. The van der Waals surface area contributed by atoms with Gasteiger partial charge in [0.2, 0.25) is 5.91 Å². The Labute approximate surface area is 203 Å². The molecule has 0 saturated heterocycles. The maximum Gasteiger partial charge on any atom is 0.237 e. The Morgan fingerprint density at radius 2 is 1.61 bits per heavy atom. The molecular weight excluding hydrogens is 448 g/mol. The van der Waals surface area contributed by atoms with Crippen LogP contribution < -0.4 is 5.32 Å². The van der Waals surface area contributed by atoms with Crippen LogP contribution in [0.1, 0.15) is 24.7 Å². The lowest BCUT2D eigenvalue weighted by molar-refractivity contribution is -0.115. The molecule has 1 atom stereocenters. The number of hydrogen-bond donors (Lipinski definition) is 1. The van der Waals surface area contributed by atoms with Gasteiger partial charge in [0.15, 0.2) is 5.16 Å². The van der Waals surface area contributed by atoms with Crippen molar-refractivity contribution in [3.8, 4) is 5.69 Å². The SMILES string of the molecule is CCC(Sc1nnc(CSc2ccccc2)n1-c1ccccc1)C(=O)Nc1ccccc1C. The predicted octanol–water partition coefficient (Wildman–Crippen LogP) is 6.38. The summed E-state index contributed by atoms with van der Waals surface area (Å²) in [4.78, 5) is 14.3. The van der Waals surface area contributed by atoms with Gasteiger partial charge in [0.25, 0.3) is 0 Å². The largest absolute Gasteiger partial charge is 0.325 e. The number of benzene rings is 3. The molecule has 0 spiro atoms. The van der Waals surface area contributed by atoms with Crippen molar-refractivity contribution in [1.29, 1.82) is 0 Å². The van der Waals surface area contributed by atoms with E-state index < -0.39 is 0 Å². The molecule has 3 aromatic carbocycles. The molecule has 5 nitrogen and oxygen atoms in total. The average molecular weight is 475 g/mol. The number of thioether (sulfide) groups is 2. The van der Waals surface area contributed by atoms with Gasteiger partial charge in [-0.2, -0.15) is 0 Å². The van der Waals surface area contributed by atoms with Crippen molar-refractivity contribution in [2.45, 2.75) is 41.3 Å². The molecule has 0 bridgehead atoms. The minimum absolute atomic E-state index is 0.0281. The molecule has 4 rings (SSSR count). The molecule has 0 fully saturated rings. The summed E-state index contributed by atoms with van der Waals surface area (Å²) in [6, 6.07) is 28.1. The molecule has 1 unspecified atom stereocenters. The van der Waals surface area contributed by atoms with Crippen LogP contribution >= 0.6 is 23.5 Å². The van der Waals surface area contributed by atoms with Crippen molar-refractivity contribution >= 4 is 35.1 Å². The van der Waals surface area contributed by atoms with Crippen molar-refractivity contribution < 1.29 is 4.79 Å². The fraction of sp³-hybridized carbons (Fsp3) is 0.192. The second kappa shape index (κ2) is 11.2. The molecule has 0 aliphatic carbocycles. The second-order valence-corrected chi connectivity index (χ2v) is 9.71. The highest BCUT2D eigenvalue weighted by Crippen LogP contribution is 2.31. The molecule has 7 heteroatoms. The zero-order valence-corrected chi connectivity index (χ0v) is 20.3. The van der Waals surface area contributed by atoms with E-state index in [1.165, 1.54) is 16.7 Å². The Bertz CT molecular complexity index is 1200. The van der Waals surface area contributed by atoms with E-state index in [1.54, 1.807) is 11.8 Å². The fourth-order valence-electron chi connectivity index (χ4n) is 3.35. The van der Waals surface area contributed by atoms with E-state index in [1.807, 2.05) is 86.6 Å². The molecule has 4 aromatic rings. The van der Waals surface area contributed by atoms with Crippen LogP contribution in [0.15, 0.2) is 95.0 Å². The summed E-state index contributed by atoms with van der Waals surface area (Å²) >= 11 is 3.17. The lowest BCUT2D eigenvalue weighted by Crippen LogP contribution is -2.25. The highest BCUT2D eigenvalue weighted by atomic mass is 32.2. The fourth-order valence-corrected chi connectivity index (χ4v) is 5.17. The van der Waals surface area contributed by atoms with Crippen LogP contribution in [-0.2, 0) is 10.5 Å². The number of rotatable bonds is 9. The summed E-state index contributed by atoms with van der Waals surface area (Å²) < 4.78 is 2.06. The van der Waals surface area contributed by atoms with Crippen LogP contribution in [-0.4, -0.2) is 25.9 Å². The molecular formula is C26H26N4OS2. The molecule has 168 valence electrons. The summed E-state index contributed by atoms with van der Waals surface area (Å²) in [5.74, 6) is 1.50. The van der Waals surface area contributed by atoms with Gasteiger partial charge in [0.05, 0.1) is 11.0 Å². The quantitative estimate of drug-likeness (QED) is 0.285. The first kappa shape index (κ1) is 23.1. The number of nitrogens with one attached hydrogen (secondary N) is 1. The van der Waals surface area contributed by atoms with E-state index >= 15 is 0 Å². The number of hydrogen-bond acceptors (Lipinski definition) is 5. The van der Waals surface area contributed by atoms with Gasteiger partial charge < -0.3 is 5.32 Å². The summed E-state index contributed by atoms with van der Waals surface area (Å²) in [5, 5.41) is 12.5. The Morgan fingerprint density at radius 3 is 2.30 bits per heavy atom. The summed E-state index contributed by atoms with van der Waals surface area (Å²) in [7, 11) is 0. The van der Waals surface area contributed by atoms with Gasteiger partial charge >= 0.3 is 0 Å². The van der Waals surface area contributed by atoms with Gasteiger partial charge in [0, 0.05) is 16.3 Å². The number of para-hydroxylation sites is 2. The zero-order chi connectivity index (χ0) is 23.0. The molecule has 0 aliphatic rings. The number of nitrogens with zero attached hydrogens (tertiary/aromatic N) is 3. The Balaban J connectivity index is 1.57. The summed E-state index contributed by atoms with van der Waals surface area (Å²) in [5.41, 5.74) is 2.87. The summed E-state index contributed by atoms with van der Waals surface area (Å²) in [6.07, 6.45) is 0.679. The zero-order valence-electron chi connectivity index (χ0n) is 18.6. The van der Waals surface area contributed by atoms with Crippen molar-refractivity contribution in [1.82, 2.24) is 14.8 Å². The molecule has 1 N–H and O–H groups in total. The normalized spacial score (nSPS) is 11.8. The molecule has 0 saturated carbocycles. The van der Waals surface area contributed by atoms with Crippen LogP contribution in [0.3, 0.4) is 0 Å². The van der Waals surface area contributed by atoms with Crippen molar-refractivity contribution in [3.63, 3.8) is 0 Å². The number of carbonyl (C=O) groups is 1. The van der Waals surface area contributed by atoms with Gasteiger partial charge in [-0.15, -0.1) is 22.0 Å². The van der Waals surface area contributed by atoms with Crippen LogP contribution in [0.5, 0.6) is 0 Å². The molecule has 1 heterocycles. The van der Waals surface area contributed by atoms with Gasteiger partial charge in [-0.3, -0.25) is 9.36 Å². The van der Waals surface area contributed by atoms with E-state index in [2.05, 4.69) is 32.2 Å². The highest BCUT2D eigenvalue weighted by molar-refractivity contribution is 8.00. The van der Waals surface area contributed by atoms with E-state index in [4.69, 9.17) is 0 Å². The molecule has 1 aromatic heterocycles. The van der Waals surface area contributed by atoms with E-state index in [0.29, 0.717) is 12.2 Å². The van der Waals surface area contributed by atoms with Crippen LogP contribution in [0.4, 0.5) is 5.69 Å². The van der Waals surface area contributed by atoms with Gasteiger partial charge in [-0.05, 0) is 49.2 Å². The Kier molecular flexibility index (Phi) is 7.86. The van der Waals surface area contributed by atoms with E-state index in [-0.39, 0.29) is 11.2 Å². The Hall–Kier alpha value is -3.03. The summed E-state index contributed by atoms with van der Waals surface area (Å²) in [6.45, 7) is 4.01.